The van der Waals surface area contributed by atoms with Crippen LogP contribution in [0.5, 0.6) is 0 Å². The molecule has 19 heavy (non-hydrogen) atoms. The number of nitrogens with zero attached hydrogens (tertiary/aromatic N) is 1. The van der Waals surface area contributed by atoms with Gasteiger partial charge in [-0.05, 0) is 31.0 Å². The van der Waals surface area contributed by atoms with E-state index in [0.717, 1.165) is 0 Å². The SMILES string of the molecule is CCCC(C)n1ccc2c3c(ccc21)C1C=CC3O1. The van der Waals surface area contributed by atoms with Crippen molar-refractivity contribution in [2.45, 2.75) is 44.9 Å². The third kappa shape index (κ3) is 1.47. The van der Waals surface area contributed by atoms with Gasteiger partial charge in [0.15, 0.2) is 0 Å². The van der Waals surface area contributed by atoms with Gasteiger partial charge >= 0.3 is 0 Å². The molecule has 2 aliphatic heterocycles. The molecule has 2 aliphatic rings. The molecule has 2 aromatic rings. The Balaban J connectivity index is 1.88. The molecule has 3 unspecified atom stereocenters. The molecule has 2 heteroatoms. The molecule has 0 saturated carbocycles. The molecule has 0 aliphatic carbocycles. The number of hydrogen-bond donors (Lipinski definition) is 0. The maximum atomic E-state index is 5.95. The number of fused-ring (bicyclic) bond motifs is 7. The fraction of sp³-hybridized carbons (Fsp3) is 0.412. The maximum absolute atomic E-state index is 5.95. The third-order valence-electron chi connectivity index (χ3n) is 4.50. The smallest absolute Gasteiger partial charge is 0.103 e. The molecule has 3 heterocycles. The molecule has 0 fully saturated rings. The number of aromatic nitrogens is 1. The zero-order valence-corrected chi connectivity index (χ0v) is 11.5. The topological polar surface area (TPSA) is 14.2 Å². The van der Waals surface area contributed by atoms with E-state index in [1.807, 2.05) is 0 Å². The lowest BCUT2D eigenvalue weighted by Crippen LogP contribution is -2.03. The summed E-state index contributed by atoms with van der Waals surface area (Å²) in [6.07, 6.45) is 9.43. The number of ether oxygens (including phenoxy) is 1. The minimum Gasteiger partial charge on any atom is -0.357 e. The van der Waals surface area contributed by atoms with Crippen LogP contribution in [-0.4, -0.2) is 4.57 Å². The highest BCUT2D eigenvalue weighted by molar-refractivity contribution is 5.87. The molecule has 0 radical (unpaired) electrons. The maximum Gasteiger partial charge on any atom is 0.103 e. The highest BCUT2D eigenvalue weighted by Crippen LogP contribution is 2.48. The predicted molar refractivity (Wildman–Crippen MR) is 77.3 cm³/mol. The van der Waals surface area contributed by atoms with Crippen LogP contribution >= 0.6 is 0 Å². The van der Waals surface area contributed by atoms with E-state index in [4.69, 9.17) is 4.74 Å². The minimum absolute atomic E-state index is 0.182. The van der Waals surface area contributed by atoms with Crippen molar-refractivity contribution in [3.05, 3.63) is 47.7 Å². The monoisotopic (exact) mass is 253 g/mol. The van der Waals surface area contributed by atoms with Gasteiger partial charge in [-0.3, -0.25) is 0 Å². The lowest BCUT2D eigenvalue weighted by atomic mass is 9.94. The second-order valence-electron chi connectivity index (χ2n) is 5.72. The van der Waals surface area contributed by atoms with Gasteiger partial charge < -0.3 is 9.30 Å². The largest absolute Gasteiger partial charge is 0.357 e. The lowest BCUT2D eigenvalue weighted by molar-refractivity contribution is 0.0883. The third-order valence-corrected chi connectivity index (χ3v) is 4.50. The van der Waals surface area contributed by atoms with Crippen LogP contribution in [0.2, 0.25) is 0 Å². The number of benzene rings is 1. The van der Waals surface area contributed by atoms with Crippen LogP contribution in [-0.2, 0) is 4.74 Å². The number of rotatable bonds is 3. The summed E-state index contributed by atoms with van der Waals surface area (Å²) >= 11 is 0. The van der Waals surface area contributed by atoms with Crippen molar-refractivity contribution in [2.24, 2.45) is 0 Å². The van der Waals surface area contributed by atoms with Gasteiger partial charge in [0.05, 0.1) is 0 Å². The van der Waals surface area contributed by atoms with Crippen LogP contribution in [0.1, 0.15) is 56.1 Å². The Kier molecular flexibility index (Phi) is 2.36. The predicted octanol–water partition coefficient (Wildman–Crippen LogP) is 4.68. The van der Waals surface area contributed by atoms with Crippen LogP contribution in [0.3, 0.4) is 0 Å². The normalized spacial score (nSPS) is 25.2. The van der Waals surface area contributed by atoms with Gasteiger partial charge in [-0.15, -0.1) is 0 Å². The molecule has 1 aromatic heterocycles. The first-order chi connectivity index (χ1) is 9.29. The standard InChI is InChI=1S/C17H19NO/c1-3-4-11(2)18-10-9-12-14(18)6-5-13-15-7-8-16(19-15)17(12)13/h5-11,15-16H,3-4H2,1-2H3. The van der Waals surface area contributed by atoms with E-state index in [0.29, 0.717) is 6.04 Å². The molecule has 0 saturated heterocycles. The van der Waals surface area contributed by atoms with E-state index in [9.17, 15) is 0 Å². The molecule has 0 amide bonds. The summed E-state index contributed by atoms with van der Waals surface area (Å²) in [5, 5.41) is 1.37. The molecule has 2 nitrogen and oxygen atoms in total. The van der Waals surface area contributed by atoms with Gasteiger partial charge in [-0.25, -0.2) is 0 Å². The summed E-state index contributed by atoms with van der Waals surface area (Å²) in [7, 11) is 0. The summed E-state index contributed by atoms with van der Waals surface area (Å²) in [6, 6.07) is 7.34. The Morgan fingerprint density at radius 2 is 2.05 bits per heavy atom. The van der Waals surface area contributed by atoms with E-state index in [1.54, 1.807) is 0 Å². The van der Waals surface area contributed by atoms with E-state index in [-0.39, 0.29) is 12.2 Å². The minimum atomic E-state index is 0.182. The molecule has 1 aromatic carbocycles. The van der Waals surface area contributed by atoms with E-state index in [1.165, 1.54) is 34.9 Å². The Morgan fingerprint density at radius 3 is 2.89 bits per heavy atom. The zero-order chi connectivity index (χ0) is 13.0. The van der Waals surface area contributed by atoms with Crippen molar-refractivity contribution < 1.29 is 4.74 Å². The Labute approximate surface area is 113 Å². The second kappa shape index (κ2) is 3.97. The van der Waals surface area contributed by atoms with Crippen LogP contribution < -0.4 is 0 Å². The van der Waals surface area contributed by atoms with Crippen molar-refractivity contribution in [1.82, 2.24) is 4.57 Å². The highest BCUT2D eigenvalue weighted by atomic mass is 16.5. The molecule has 3 atom stereocenters. The first-order valence-corrected chi connectivity index (χ1v) is 7.26. The average molecular weight is 253 g/mol. The van der Waals surface area contributed by atoms with Crippen LogP contribution in [0, 0.1) is 0 Å². The quantitative estimate of drug-likeness (QED) is 0.724. The Bertz CT molecular complexity index is 667. The van der Waals surface area contributed by atoms with Crippen LogP contribution in [0.25, 0.3) is 10.9 Å². The van der Waals surface area contributed by atoms with E-state index >= 15 is 0 Å². The van der Waals surface area contributed by atoms with Gasteiger partial charge in [0, 0.05) is 28.7 Å². The van der Waals surface area contributed by atoms with Crippen LogP contribution in [0.4, 0.5) is 0 Å². The van der Waals surface area contributed by atoms with Crippen LogP contribution in [0.15, 0.2) is 36.5 Å². The number of hydrogen-bond acceptors (Lipinski definition) is 1. The highest BCUT2D eigenvalue weighted by Gasteiger charge is 2.35. The van der Waals surface area contributed by atoms with Gasteiger partial charge in [0.2, 0.25) is 0 Å². The zero-order valence-electron chi connectivity index (χ0n) is 11.5. The summed E-state index contributed by atoms with van der Waals surface area (Å²) in [4.78, 5) is 0. The molecule has 4 rings (SSSR count). The van der Waals surface area contributed by atoms with Crippen molar-refractivity contribution in [3.63, 3.8) is 0 Å². The van der Waals surface area contributed by atoms with E-state index < -0.39 is 0 Å². The van der Waals surface area contributed by atoms with Crippen molar-refractivity contribution >= 4 is 10.9 Å². The summed E-state index contributed by atoms with van der Waals surface area (Å²) in [5.74, 6) is 0. The van der Waals surface area contributed by atoms with Gasteiger partial charge in [-0.2, -0.15) is 0 Å². The fourth-order valence-electron chi connectivity index (χ4n) is 3.58. The molecule has 0 spiro atoms. The molecular formula is C17H19NO. The van der Waals surface area contributed by atoms with Crippen molar-refractivity contribution in [1.29, 1.82) is 0 Å². The van der Waals surface area contributed by atoms with Crippen molar-refractivity contribution in [2.75, 3.05) is 0 Å². The summed E-state index contributed by atoms with van der Waals surface area (Å²) in [6.45, 7) is 4.55. The average Bonchev–Trinajstić information content (AvgIpc) is 3.12. The molecule has 0 N–H and O–H groups in total. The lowest BCUT2D eigenvalue weighted by Gasteiger charge is -2.15. The Hall–Kier alpha value is -1.54. The summed E-state index contributed by atoms with van der Waals surface area (Å²) in [5.41, 5.74) is 4.11. The fourth-order valence-corrected chi connectivity index (χ4v) is 3.58. The molecule has 2 bridgehead atoms. The van der Waals surface area contributed by atoms with Gasteiger partial charge in [0.1, 0.15) is 12.2 Å². The van der Waals surface area contributed by atoms with Gasteiger partial charge in [0.25, 0.3) is 0 Å². The Morgan fingerprint density at radius 1 is 1.21 bits per heavy atom. The van der Waals surface area contributed by atoms with Gasteiger partial charge in [-0.1, -0.05) is 31.6 Å². The molecule has 98 valence electrons. The first kappa shape index (κ1) is 11.3. The van der Waals surface area contributed by atoms with Crippen molar-refractivity contribution in [3.8, 4) is 0 Å². The summed E-state index contributed by atoms with van der Waals surface area (Å²) < 4.78 is 8.36. The second-order valence-corrected chi connectivity index (χ2v) is 5.72. The first-order valence-electron chi connectivity index (χ1n) is 7.26. The molecular weight excluding hydrogens is 234 g/mol. The van der Waals surface area contributed by atoms with E-state index in [2.05, 4.69) is 55.0 Å².